The monoisotopic (exact) mass is 228 g/mol. The van der Waals surface area contributed by atoms with Crippen LogP contribution in [-0.4, -0.2) is 15.5 Å². The molecule has 0 amide bonds. The lowest BCUT2D eigenvalue weighted by molar-refractivity contribution is -0.109. The van der Waals surface area contributed by atoms with E-state index in [-0.39, 0.29) is 10.4 Å². The van der Waals surface area contributed by atoms with E-state index in [9.17, 15) is 4.79 Å². The van der Waals surface area contributed by atoms with Crippen molar-refractivity contribution in [3.05, 3.63) is 0 Å². The van der Waals surface area contributed by atoms with Crippen LogP contribution in [0.25, 0.3) is 0 Å². The summed E-state index contributed by atoms with van der Waals surface area (Å²) in [5, 5.41) is 8.27. The Morgan fingerprint density at radius 3 is 2.50 bits per heavy atom. The molecule has 48 valence electrons. The van der Waals surface area contributed by atoms with Crippen LogP contribution in [0.2, 0.25) is 0 Å². The molecule has 0 unspecified atom stereocenters. The first kappa shape index (κ1) is 8.36. The van der Waals surface area contributed by atoms with E-state index < -0.39 is 0 Å². The average Bonchev–Trinajstić information content (AvgIpc) is 1.66. The zero-order valence-corrected chi connectivity index (χ0v) is 6.72. The lowest BCUT2D eigenvalue weighted by Gasteiger charge is -1.89. The molecule has 0 saturated heterocycles. The number of hydrogen-bond donors (Lipinski definition) is 1. The Kier molecular flexibility index (Phi) is 5.74. The van der Waals surface area contributed by atoms with Gasteiger partial charge in [0.15, 0.2) is 3.79 Å². The summed E-state index contributed by atoms with van der Waals surface area (Å²) in [5.41, 5.74) is 0. The maximum absolute atomic E-state index is 10.2. The molecule has 0 rings (SSSR count). The summed E-state index contributed by atoms with van der Waals surface area (Å²) in [6.45, 7) is 0.198. The fourth-order valence-corrected chi connectivity index (χ4v) is 0.757. The second kappa shape index (κ2) is 5.50. The highest BCUT2D eigenvalue weighted by molar-refractivity contribution is 14.1. The molecule has 1 N–H and O–H groups in total. The zero-order valence-electron chi connectivity index (χ0n) is 4.56. The van der Waals surface area contributed by atoms with Gasteiger partial charge in [0, 0.05) is 13.0 Å². The Balaban J connectivity index is 2.82. The van der Waals surface area contributed by atoms with Crippen LogP contribution in [0.1, 0.15) is 19.3 Å². The summed E-state index contributed by atoms with van der Waals surface area (Å²) in [7, 11) is 0. The number of aliphatic hydroxyl groups is 1. The molecule has 0 aliphatic heterocycles. The number of carbonyl (C=O) groups excluding carboxylic acids is 1. The predicted octanol–water partition coefficient (Wildman–Crippen LogP) is 1.11. The highest BCUT2D eigenvalue weighted by Gasteiger charge is 1.92. The standard InChI is InChI=1S/C5H9IO2/c6-5(8)3-1-2-4-7/h7H,1-4H2. The molecule has 0 aromatic carbocycles. The number of halogens is 1. The van der Waals surface area contributed by atoms with Crippen LogP contribution in [0.5, 0.6) is 0 Å². The van der Waals surface area contributed by atoms with Crippen LogP contribution in [0.4, 0.5) is 0 Å². The maximum atomic E-state index is 10.2. The molecule has 0 bridgehead atoms. The van der Waals surface area contributed by atoms with Gasteiger partial charge in [0.05, 0.1) is 0 Å². The Labute approximate surface area is 62.4 Å². The summed E-state index contributed by atoms with van der Waals surface area (Å²) in [6, 6.07) is 0. The number of aliphatic hydroxyl groups excluding tert-OH is 1. The van der Waals surface area contributed by atoms with Crippen LogP contribution < -0.4 is 0 Å². The summed E-state index contributed by atoms with van der Waals surface area (Å²) >= 11 is 1.76. The van der Waals surface area contributed by atoms with E-state index in [1.807, 2.05) is 0 Å². The molecule has 0 heterocycles. The molecule has 8 heavy (non-hydrogen) atoms. The molecule has 0 aliphatic carbocycles. The van der Waals surface area contributed by atoms with Crippen LogP contribution in [0.3, 0.4) is 0 Å². The SMILES string of the molecule is O=C(I)CCCCO. The largest absolute Gasteiger partial charge is 0.396 e. The lowest BCUT2D eigenvalue weighted by atomic mass is 10.3. The van der Waals surface area contributed by atoms with E-state index in [0.717, 1.165) is 12.8 Å². The van der Waals surface area contributed by atoms with Gasteiger partial charge in [-0.05, 0) is 35.4 Å². The number of carbonyl (C=O) groups is 1. The Bertz CT molecular complexity index is 72.8. The van der Waals surface area contributed by atoms with Gasteiger partial charge < -0.3 is 5.11 Å². The van der Waals surface area contributed by atoms with Gasteiger partial charge >= 0.3 is 0 Å². The molecule has 2 nitrogen and oxygen atoms in total. The van der Waals surface area contributed by atoms with Crippen molar-refractivity contribution in [3.63, 3.8) is 0 Å². The molecule has 0 spiro atoms. The van der Waals surface area contributed by atoms with Crippen LogP contribution >= 0.6 is 22.6 Å². The van der Waals surface area contributed by atoms with Crippen molar-refractivity contribution in [3.8, 4) is 0 Å². The smallest absolute Gasteiger partial charge is 0.192 e. The van der Waals surface area contributed by atoms with Crippen molar-refractivity contribution in [2.75, 3.05) is 6.61 Å². The van der Waals surface area contributed by atoms with Crippen molar-refractivity contribution in [1.29, 1.82) is 0 Å². The third kappa shape index (κ3) is 6.36. The van der Waals surface area contributed by atoms with Crippen molar-refractivity contribution in [2.24, 2.45) is 0 Å². The molecule has 0 aliphatic rings. The average molecular weight is 228 g/mol. The van der Waals surface area contributed by atoms with E-state index in [1.165, 1.54) is 0 Å². The van der Waals surface area contributed by atoms with Crippen molar-refractivity contribution in [2.45, 2.75) is 19.3 Å². The first-order valence-electron chi connectivity index (χ1n) is 2.56. The Hall–Kier alpha value is 0.360. The second-order valence-electron chi connectivity index (χ2n) is 1.54. The normalized spacial score (nSPS) is 9.25. The molecule has 0 aromatic heterocycles. The highest BCUT2D eigenvalue weighted by atomic mass is 127. The molecule has 0 radical (unpaired) electrons. The number of hydrogen-bond acceptors (Lipinski definition) is 2. The van der Waals surface area contributed by atoms with E-state index in [1.54, 1.807) is 22.6 Å². The summed E-state index contributed by atoms with van der Waals surface area (Å²) in [5.74, 6) is 0. The third-order valence-electron chi connectivity index (χ3n) is 0.781. The zero-order chi connectivity index (χ0) is 6.41. The van der Waals surface area contributed by atoms with E-state index >= 15 is 0 Å². The van der Waals surface area contributed by atoms with E-state index in [0.29, 0.717) is 6.42 Å². The minimum atomic E-state index is 0.177. The molecule has 0 fully saturated rings. The second-order valence-corrected chi connectivity index (χ2v) is 2.74. The lowest BCUT2D eigenvalue weighted by Crippen LogP contribution is -1.87. The molecule has 0 aromatic rings. The predicted molar refractivity (Wildman–Crippen MR) is 40.0 cm³/mol. The molecular weight excluding hydrogens is 219 g/mol. The van der Waals surface area contributed by atoms with E-state index in [4.69, 9.17) is 5.11 Å². The van der Waals surface area contributed by atoms with Crippen LogP contribution in [-0.2, 0) is 4.79 Å². The van der Waals surface area contributed by atoms with Gasteiger partial charge in [-0.25, -0.2) is 0 Å². The van der Waals surface area contributed by atoms with Gasteiger partial charge in [-0.15, -0.1) is 0 Å². The van der Waals surface area contributed by atoms with Crippen molar-refractivity contribution in [1.82, 2.24) is 0 Å². The van der Waals surface area contributed by atoms with Crippen LogP contribution in [0, 0.1) is 0 Å². The third-order valence-corrected chi connectivity index (χ3v) is 1.32. The van der Waals surface area contributed by atoms with Crippen LogP contribution in [0.15, 0.2) is 0 Å². The van der Waals surface area contributed by atoms with Gasteiger partial charge in [-0.3, -0.25) is 4.79 Å². The van der Waals surface area contributed by atoms with Crippen molar-refractivity contribution < 1.29 is 9.90 Å². The summed E-state index contributed by atoms with van der Waals surface area (Å²) in [4.78, 5) is 10.2. The quantitative estimate of drug-likeness (QED) is 0.444. The van der Waals surface area contributed by atoms with Gasteiger partial charge in [0.25, 0.3) is 0 Å². The maximum Gasteiger partial charge on any atom is 0.192 e. The van der Waals surface area contributed by atoms with Gasteiger partial charge in [-0.2, -0.15) is 0 Å². The number of unbranched alkanes of at least 4 members (excludes halogenated alkanes) is 1. The number of rotatable bonds is 4. The fourth-order valence-electron chi connectivity index (χ4n) is 0.376. The molecule has 0 atom stereocenters. The first-order valence-corrected chi connectivity index (χ1v) is 3.64. The van der Waals surface area contributed by atoms with Crippen molar-refractivity contribution >= 4 is 26.4 Å². The fraction of sp³-hybridized carbons (Fsp3) is 0.800. The summed E-state index contributed by atoms with van der Waals surface area (Å²) in [6.07, 6.45) is 2.16. The highest BCUT2D eigenvalue weighted by Crippen LogP contribution is 1.99. The van der Waals surface area contributed by atoms with E-state index in [2.05, 4.69) is 0 Å². The minimum absolute atomic E-state index is 0.177. The van der Waals surface area contributed by atoms with Gasteiger partial charge in [-0.1, -0.05) is 0 Å². The first-order chi connectivity index (χ1) is 3.77. The Morgan fingerprint density at radius 2 is 2.12 bits per heavy atom. The molecule has 3 heteroatoms. The topological polar surface area (TPSA) is 37.3 Å². The summed E-state index contributed by atoms with van der Waals surface area (Å²) < 4.78 is 0.177. The van der Waals surface area contributed by atoms with Gasteiger partial charge in [0.1, 0.15) is 0 Å². The minimum Gasteiger partial charge on any atom is -0.396 e. The Morgan fingerprint density at radius 1 is 1.50 bits per heavy atom. The molecular formula is C5H9IO2. The van der Waals surface area contributed by atoms with Gasteiger partial charge in [0.2, 0.25) is 0 Å². The molecule has 0 saturated carbocycles.